The van der Waals surface area contributed by atoms with E-state index in [1.807, 2.05) is 0 Å². The first kappa shape index (κ1) is 41.0. The van der Waals surface area contributed by atoms with Crippen molar-refractivity contribution in [1.29, 1.82) is 0 Å². The van der Waals surface area contributed by atoms with Gasteiger partial charge in [-0.3, -0.25) is 0 Å². The molecule has 0 saturated heterocycles. The minimum atomic E-state index is 0.511. The lowest BCUT2D eigenvalue weighted by Gasteiger charge is -2.58. The molecule has 0 aliphatic heterocycles. The van der Waals surface area contributed by atoms with Crippen LogP contribution in [-0.4, -0.2) is 29.7 Å². The fourth-order valence-electron chi connectivity index (χ4n) is 8.20. The van der Waals surface area contributed by atoms with Crippen molar-refractivity contribution in [3.05, 3.63) is 0 Å². The molecule has 41 heavy (non-hydrogen) atoms. The van der Waals surface area contributed by atoms with E-state index in [1.165, 1.54) is 204 Å². The summed E-state index contributed by atoms with van der Waals surface area (Å²) in [4.78, 5) is 0. The third-order valence-electron chi connectivity index (χ3n) is 10.8. The van der Waals surface area contributed by atoms with Crippen LogP contribution < -0.4 is 0 Å². The number of nitrogens with zero attached hydrogens (tertiary/aromatic N) is 1. The van der Waals surface area contributed by atoms with Crippen LogP contribution in [0.15, 0.2) is 0 Å². The zero-order valence-corrected chi connectivity index (χ0v) is 30.4. The standard InChI is InChI=1S/C40H84N/c1-8-15-21-22-23-24-25-26-27-28-29-30-31-32-38-41(36-19-12-5,37-20-13-6)40(34-17-10-3,35-18-11-4)39(14-7)33-16-9-2/h39H,8-38H2,1-7H3/q+1. The third-order valence-corrected chi connectivity index (χ3v) is 10.8. The molecule has 0 amide bonds. The van der Waals surface area contributed by atoms with E-state index in [1.54, 1.807) is 0 Å². The predicted octanol–water partition coefficient (Wildman–Crippen LogP) is 14.2. The molecule has 0 saturated carbocycles. The maximum atomic E-state index is 2.55. The van der Waals surface area contributed by atoms with Crippen LogP contribution in [0, 0.1) is 5.92 Å². The SMILES string of the molecule is CCCCCCCCCCCCCCCC[N+](CCCC)(CCCC)C(CCCC)(CCCC)C(CC)CCCC. The summed E-state index contributed by atoms with van der Waals surface area (Å²) in [7, 11) is 0. The van der Waals surface area contributed by atoms with Crippen molar-refractivity contribution in [3.8, 4) is 0 Å². The highest BCUT2D eigenvalue weighted by atomic mass is 15.4. The minimum Gasteiger partial charge on any atom is -0.319 e. The van der Waals surface area contributed by atoms with E-state index < -0.39 is 0 Å². The Hall–Kier alpha value is -0.0400. The van der Waals surface area contributed by atoms with Gasteiger partial charge in [0.05, 0.1) is 19.6 Å². The molecule has 1 unspecified atom stereocenters. The van der Waals surface area contributed by atoms with Gasteiger partial charge in [-0.05, 0) is 51.4 Å². The molecule has 0 N–H and O–H groups in total. The normalized spacial score (nSPS) is 13.2. The molecule has 0 aromatic carbocycles. The van der Waals surface area contributed by atoms with Crippen molar-refractivity contribution in [2.45, 2.75) is 234 Å². The van der Waals surface area contributed by atoms with E-state index in [0.29, 0.717) is 5.54 Å². The second kappa shape index (κ2) is 28.7. The largest absolute Gasteiger partial charge is 0.319 e. The van der Waals surface area contributed by atoms with Gasteiger partial charge in [-0.1, -0.05) is 164 Å². The lowest BCUT2D eigenvalue weighted by Crippen LogP contribution is -2.68. The first-order valence-electron chi connectivity index (χ1n) is 19.9. The Bertz CT molecular complexity index is 495. The quantitative estimate of drug-likeness (QED) is 0.0536. The zero-order chi connectivity index (χ0) is 30.5. The van der Waals surface area contributed by atoms with Gasteiger partial charge >= 0.3 is 0 Å². The highest BCUT2D eigenvalue weighted by molar-refractivity contribution is 4.90. The third kappa shape index (κ3) is 17.1. The summed E-state index contributed by atoms with van der Waals surface area (Å²) in [5, 5.41) is 0. The Kier molecular flexibility index (Phi) is 28.7. The lowest BCUT2D eigenvalue weighted by atomic mass is 9.69. The average Bonchev–Trinajstić information content (AvgIpc) is 2.99. The smallest absolute Gasteiger partial charge is 0.102 e. The molecule has 0 fully saturated rings. The van der Waals surface area contributed by atoms with Crippen LogP contribution in [-0.2, 0) is 0 Å². The van der Waals surface area contributed by atoms with Gasteiger partial charge < -0.3 is 4.48 Å². The van der Waals surface area contributed by atoms with Crippen molar-refractivity contribution < 1.29 is 4.48 Å². The van der Waals surface area contributed by atoms with Crippen molar-refractivity contribution in [2.24, 2.45) is 5.92 Å². The molecule has 0 bridgehead atoms. The number of rotatable bonds is 33. The van der Waals surface area contributed by atoms with E-state index in [0.717, 1.165) is 5.92 Å². The van der Waals surface area contributed by atoms with Crippen LogP contribution in [0.5, 0.6) is 0 Å². The molecule has 0 radical (unpaired) electrons. The summed E-state index contributed by atoms with van der Waals surface area (Å²) < 4.78 is 1.48. The summed E-state index contributed by atoms with van der Waals surface area (Å²) >= 11 is 0. The predicted molar refractivity (Wildman–Crippen MR) is 190 cm³/mol. The van der Waals surface area contributed by atoms with Gasteiger partial charge in [0.25, 0.3) is 0 Å². The van der Waals surface area contributed by atoms with Crippen LogP contribution in [0.1, 0.15) is 228 Å². The fourth-order valence-corrected chi connectivity index (χ4v) is 8.20. The van der Waals surface area contributed by atoms with Crippen LogP contribution >= 0.6 is 0 Å². The maximum Gasteiger partial charge on any atom is 0.102 e. The Morgan fingerprint density at radius 1 is 0.366 bits per heavy atom. The van der Waals surface area contributed by atoms with Gasteiger partial charge in [-0.15, -0.1) is 0 Å². The van der Waals surface area contributed by atoms with Gasteiger partial charge in [0.2, 0.25) is 0 Å². The number of unbranched alkanes of at least 4 members (excludes halogenated alkanes) is 18. The van der Waals surface area contributed by atoms with Crippen LogP contribution in [0.4, 0.5) is 0 Å². The van der Waals surface area contributed by atoms with Crippen molar-refractivity contribution in [3.63, 3.8) is 0 Å². The Morgan fingerprint density at radius 2 is 0.707 bits per heavy atom. The molecule has 0 rings (SSSR count). The Labute approximate surface area is 263 Å². The molecule has 1 heteroatoms. The molecule has 248 valence electrons. The molecule has 1 nitrogen and oxygen atoms in total. The first-order chi connectivity index (χ1) is 20.1. The monoisotopic (exact) mass is 579 g/mol. The van der Waals surface area contributed by atoms with E-state index in [-0.39, 0.29) is 0 Å². The highest BCUT2D eigenvalue weighted by Gasteiger charge is 2.52. The molecule has 0 spiro atoms. The Morgan fingerprint density at radius 3 is 1.07 bits per heavy atom. The van der Waals surface area contributed by atoms with Gasteiger partial charge in [-0.25, -0.2) is 0 Å². The summed E-state index contributed by atoms with van der Waals surface area (Å²) in [6, 6.07) is 0. The maximum absolute atomic E-state index is 2.55. The molecular weight excluding hydrogens is 494 g/mol. The molecule has 0 aromatic rings. The first-order valence-corrected chi connectivity index (χ1v) is 19.9. The van der Waals surface area contributed by atoms with Gasteiger partial charge in [0.15, 0.2) is 0 Å². The summed E-state index contributed by atoms with van der Waals surface area (Å²) in [6.45, 7) is 21.4. The van der Waals surface area contributed by atoms with Gasteiger partial charge in [0, 0.05) is 18.8 Å². The minimum absolute atomic E-state index is 0.511. The number of hydrogen-bond acceptors (Lipinski definition) is 0. The fraction of sp³-hybridized carbons (Fsp3) is 1.00. The highest BCUT2D eigenvalue weighted by Crippen LogP contribution is 2.46. The molecule has 0 heterocycles. The van der Waals surface area contributed by atoms with E-state index >= 15 is 0 Å². The molecular formula is C40H84N+. The summed E-state index contributed by atoms with van der Waals surface area (Å²) in [5.74, 6) is 0.904. The molecule has 0 aliphatic rings. The zero-order valence-electron chi connectivity index (χ0n) is 30.4. The second-order valence-electron chi connectivity index (χ2n) is 14.2. The van der Waals surface area contributed by atoms with Gasteiger partial charge in [-0.2, -0.15) is 0 Å². The molecule has 1 atom stereocenters. The average molecular weight is 579 g/mol. The molecule has 0 aromatic heterocycles. The van der Waals surface area contributed by atoms with Crippen molar-refractivity contribution in [1.82, 2.24) is 0 Å². The Balaban J connectivity index is 5.39. The van der Waals surface area contributed by atoms with Crippen molar-refractivity contribution >= 4 is 0 Å². The van der Waals surface area contributed by atoms with Crippen molar-refractivity contribution in [2.75, 3.05) is 19.6 Å². The number of quaternary nitrogens is 1. The van der Waals surface area contributed by atoms with E-state index in [4.69, 9.17) is 0 Å². The number of hydrogen-bond donors (Lipinski definition) is 0. The van der Waals surface area contributed by atoms with E-state index in [2.05, 4.69) is 48.5 Å². The molecule has 0 aliphatic carbocycles. The topological polar surface area (TPSA) is 0 Å². The second-order valence-corrected chi connectivity index (χ2v) is 14.2. The van der Waals surface area contributed by atoms with Gasteiger partial charge in [0.1, 0.15) is 5.54 Å². The van der Waals surface area contributed by atoms with Crippen LogP contribution in [0.3, 0.4) is 0 Å². The van der Waals surface area contributed by atoms with Crippen LogP contribution in [0.25, 0.3) is 0 Å². The van der Waals surface area contributed by atoms with E-state index in [9.17, 15) is 0 Å². The summed E-state index contributed by atoms with van der Waals surface area (Å²) in [5.41, 5.74) is 0.511. The summed E-state index contributed by atoms with van der Waals surface area (Å²) in [6.07, 6.45) is 40.3. The lowest BCUT2D eigenvalue weighted by molar-refractivity contribution is -0.982. The van der Waals surface area contributed by atoms with Crippen LogP contribution in [0.2, 0.25) is 0 Å².